The van der Waals surface area contributed by atoms with Crippen molar-refractivity contribution in [2.24, 2.45) is 0 Å². The fourth-order valence-electron chi connectivity index (χ4n) is 2.49. The maximum Gasteiger partial charge on any atom is 0.237 e. The molecule has 0 aliphatic carbocycles. The van der Waals surface area contributed by atoms with Gasteiger partial charge in [0.15, 0.2) is 0 Å². The van der Waals surface area contributed by atoms with Crippen LogP contribution in [0.1, 0.15) is 38.5 Å². The molecule has 0 spiro atoms. The van der Waals surface area contributed by atoms with Crippen LogP contribution in [0, 0.1) is 0 Å². The van der Waals surface area contributed by atoms with Crippen molar-refractivity contribution in [2.45, 2.75) is 50.6 Å². The molecule has 5 heteroatoms. The predicted octanol–water partition coefficient (Wildman–Crippen LogP) is 0.546. The fourth-order valence-corrected chi connectivity index (χ4v) is 3.79. The second kappa shape index (κ2) is 6.50. The minimum atomic E-state index is -0.650. The Bertz CT molecular complexity index is 278. The van der Waals surface area contributed by atoms with Crippen LogP contribution in [0.5, 0.6) is 0 Å². The van der Waals surface area contributed by atoms with Crippen molar-refractivity contribution >= 4 is 16.7 Å². The Morgan fingerprint density at radius 1 is 1.12 bits per heavy atom. The number of hydrogen-bond donors (Lipinski definition) is 2. The molecule has 2 aliphatic heterocycles. The van der Waals surface area contributed by atoms with Crippen molar-refractivity contribution in [2.75, 3.05) is 18.1 Å². The van der Waals surface area contributed by atoms with E-state index in [1.807, 2.05) is 0 Å². The zero-order chi connectivity index (χ0) is 12.1. The first kappa shape index (κ1) is 13.0. The van der Waals surface area contributed by atoms with Crippen molar-refractivity contribution in [1.29, 1.82) is 0 Å². The molecule has 0 aromatic rings. The van der Waals surface area contributed by atoms with E-state index in [1.54, 1.807) is 0 Å². The summed E-state index contributed by atoms with van der Waals surface area (Å²) < 4.78 is 11.2. The molecule has 98 valence electrons. The molecule has 17 heavy (non-hydrogen) atoms. The lowest BCUT2D eigenvalue weighted by Gasteiger charge is -2.25. The summed E-state index contributed by atoms with van der Waals surface area (Å²) in [6.45, 7) is 0.951. The normalized spacial score (nSPS) is 34.9. The first-order valence-corrected chi connectivity index (χ1v) is 8.13. The Labute approximate surface area is 105 Å². The standard InChI is InChI=1S/C12H22N2O2S/c15-12(11-4-2-1-3-7-13-11)14-10-5-8-17(16)9-6-10/h10-11,13H,1-9H2,(H,14,15). The minimum Gasteiger partial charge on any atom is -0.352 e. The van der Waals surface area contributed by atoms with Crippen molar-refractivity contribution in [3.8, 4) is 0 Å². The summed E-state index contributed by atoms with van der Waals surface area (Å²) in [7, 11) is -0.650. The first-order chi connectivity index (χ1) is 8.25. The van der Waals surface area contributed by atoms with Gasteiger partial charge in [-0.25, -0.2) is 0 Å². The molecule has 2 fully saturated rings. The average molecular weight is 258 g/mol. The van der Waals surface area contributed by atoms with Gasteiger partial charge in [-0.3, -0.25) is 9.00 Å². The van der Waals surface area contributed by atoms with Crippen LogP contribution >= 0.6 is 0 Å². The summed E-state index contributed by atoms with van der Waals surface area (Å²) in [5.41, 5.74) is 0. The third-order valence-electron chi connectivity index (χ3n) is 3.61. The number of amides is 1. The molecular weight excluding hydrogens is 236 g/mol. The van der Waals surface area contributed by atoms with Gasteiger partial charge < -0.3 is 10.6 Å². The SMILES string of the molecule is O=C(NC1CCS(=O)CC1)C1CCCCCN1. The van der Waals surface area contributed by atoms with Gasteiger partial charge in [-0.2, -0.15) is 0 Å². The largest absolute Gasteiger partial charge is 0.352 e. The van der Waals surface area contributed by atoms with E-state index in [0.29, 0.717) is 0 Å². The van der Waals surface area contributed by atoms with Crippen LogP contribution in [0.15, 0.2) is 0 Å². The van der Waals surface area contributed by atoms with Gasteiger partial charge in [0.2, 0.25) is 5.91 Å². The van der Waals surface area contributed by atoms with E-state index in [9.17, 15) is 9.00 Å². The molecule has 1 atom stereocenters. The van der Waals surface area contributed by atoms with Gasteiger partial charge in [0, 0.05) is 28.3 Å². The molecule has 2 rings (SSSR count). The van der Waals surface area contributed by atoms with Gasteiger partial charge in [-0.1, -0.05) is 12.8 Å². The van der Waals surface area contributed by atoms with E-state index in [2.05, 4.69) is 10.6 Å². The average Bonchev–Trinajstić information content (AvgIpc) is 2.61. The zero-order valence-corrected chi connectivity index (χ0v) is 11.1. The highest BCUT2D eigenvalue weighted by molar-refractivity contribution is 7.85. The highest BCUT2D eigenvalue weighted by atomic mass is 32.2. The van der Waals surface area contributed by atoms with Crippen LogP contribution in [-0.4, -0.2) is 40.3 Å². The van der Waals surface area contributed by atoms with Crippen LogP contribution in [0.4, 0.5) is 0 Å². The van der Waals surface area contributed by atoms with Crippen LogP contribution in [0.3, 0.4) is 0 Å². The molecule has 1 amide bonds. The van der Waals surface area contributed by atoms with Crippen molar-refractivity contribution < 1.29 is 9.00 Å². The van der Waals surface area contributed by atoms with Crippen LogP contribution in [0.2, 0.25) is 0 Å². The van der Waals surface area contributed by atoms with E-state index >= 15 is 0 Å². The lowest BCUT2D eigenvalue weighted by atomic mass is 10.1. The van der Waals surface area contributed by atoms with Crippen molar-refractivity contribution in [3.63, 3.8) is 0 Å². The number of rotatable bonds is 2. The lowest BCUT2D eigenvalue weighted by molar-refractivity contribution is -0.124. The number of carbonyl (C=O) groups is 1. The van der Waals surface area contributed by atoms with Crippen molar-refractivity contribution in [3.05, 3.63) is 0 Å². The van der Waals surface area contributed by atoms with E-state index in [4.69, 9.17) is 0 Å². The second-order valence-corrected chi connectivity index (χ2v) is 6.68. The molecule has 0 aromatic carbocycles. The highest BCUT2D eigenvalue weighted by Crippen LogP contribution is 2.12. The minimum absolute atomic E-state index is 0.00933. The molecule has 1 unspecified atom stereocenters. The van der Waals surface area contributed by atoms with Gasteiger partial charge >= 0.3 is 0 Å². The summed E-state index contributed by atoms with van der Waals surface area (Å²) in [5.74, 6) is 1.62. The molecule has 4 nitrogen and oxygen atoms in total. The summed E-state index contributed by atoms with van der Waals surface area (Å²) in [6.07, 6.45) is 6.21. The molecule has 2 heterocycles. The third-order valence-corrected chi connectivity index (χ3v) is 4.99. The van der Waals surface area contributed by atoms with Crippen LogP contribution in [-0.2, 0) is 15.6 Å². The molecular formula is C12H22N2O2S. The second-order valence-electron chi connectivity index (χ2n) is 4.99. The van der Waals surface area contributed by atoms with Crippen LogP contribution in [0.25, 0.3) is 0 Å². The Balaban J connectivity index is 1.77. The van der Waals surface area contributed by atoms with Gasteiger partial charge in [-0.05, 0) is 32.2 Å². The predicted molar refractivity (Wildman–Crippen MR) is 69.3 cm³/mol. The van der Waals surface area contributed by atoms with Crippen molar-refractivity contribution in [1.82, 2.24) is 10.6 Å². The Morgan fingerprint density at radius 2 is 1.88 bits per heavy atom. The molecule has 0 saturated carbocycles. The molecule has 0 aromatic heterocycles. The summed E-state index contributed by atoms with van der Waals surface area (Å²) in [5, 5.41) is 6.41. The molecule has 0 radical (unpaired) electrons. The van der Waals surface area contributed by atoms with Gasteiger partial charge in [0.25, 0.3) is 0 Å². The fraction of sp³-hybridized carbons (Fsp3) is 0.917. The Morgan fingerprint density at radius 3 is 2.65 bits per heavy atom. The smallest absolute Gasteiger partial charge is 0.237 e. The lowest BCUT2D eigenvalue weighted by Crippen LogP contribution is -2.49. The van der Waals surface area contributed by atoms with Gasteiger partial charge in [-0.15, -0.1) is 0 Å². The van der Waals surface area contributed by atoms with E-state index in [-0.39, 0.29) is 18.0 Å². The Hall–Kier alpha value is -0.420. The first-order valence-electron chi connectivity index (χ1n) is 6.64. The maximum atomic E-state index is 12.1. The third kappa shape index (κ3) is 4.07. The summed E-state index contributed by atoms with van der Waals surface area (Å²) in [4.78, 5) is 12.1. The van der Waals surface area contributed by atoms with E-state index in [0.717, 1.165) is 43.7 Å². The van der Waals surface area contributed by atoms with Crippen LogP contribution < -0.4 is 10.6 Å². The number of hydrogen-bond acceptors (Lipinski definition) is 3. The monoisotopic (exact) mass is 258 g/mol. The van der Waals surface area contributed by atoms with E-state index in [1.165, 1.54) is 12.8 Å². The van der Waals surface area contributed by atoms with Gasteiger partial charge in [0.05, 0.1) is 6.04 Å². The number of nitrogens with one attached hydrogen (secondary N) is 2. The van der Waals surface area contributed by atoms with Gasteiger partial charge in [0.1, 0.15) is 0 Å². The quantitative estimate of drug-likeness (QED) is 0.760. The maximum absolute atomic E-state index is 12.1. The number of carbonyl (C=O) groups excluding carboxylic acids is 1. The zero-order valence-electron chi connectivity index (χ0n) is 10.2. The molecule has 2 aliphatic rings. The summed E-state index contributed by atoms with van der Waals surface area (Å²) in [6, 6.07) is 0.232. The summed E-state index contributed by atoms with van der Waals surface area (Å²) >= 11 is 0. The topological polar surface area (TPSA) is 58.2 Å². The molecule has 2 N–H and O–H groups in total. The highest BCUT2D eigenvalue weighted by Gasteiger charge is 2.24. The molecule has 2 saturated heterocycles. The molecule has 0 bridgehead atoms. The van der Waals surface area contributed by atoms with E-state index < -0.39 is 10.8 Å². The Kier molecular flexibility index (Phi) is 4.98.